The smallest absolute Gasteiger partial charge is 0.105 e. The fourth-order valence-corrected chi connectivity index (χ4v) is 1.69. The highest BCUT2D eigenvalue weighted by atomic mass is 16.3. The average Bonchev–Trinajstić information content (AvgIpc) is 2.77. The lowest BCUT2D eigenvalue weighted by atomic mass is 10.0. The van der Waals surface area contributed by atoms with Crippen LogP contribution in [0.4, 0.5) is 0 Å². The van der Waals surface area contributed by atoms with Crippen LogP contribution in [-0.4, -0.2) is 0 Å². The number of furan rings is 1. The molecule has 2 N–H and O–H groups in total. The summed E-state index contributed by atoms with van der Waals surface area (Å²) in [6.07, 6.45) is 2.57. The van der Waals surface area contributed by atoms with Gasteiger partial charge in [0.15, 0.2) is 0 Å². The van der Waals surface area contributed by atoms with Gasteiger partial charge in [0.05, 0.1) is 0 Å². The highest BCUT2D eigenvalue weighted by molar-refractivity contribution is 5.25. The molecule has 0 radical (unpaired) electrons. The van der Waals surface area contributed by atoms with Crippen LogP contribution in [0.5, 0.6) is 0 Å². The Hall–Kier alpha value is -0.760. The van der Waals surface area contributed by atoms with Crippen molar-refractivity contribution in [2.45, 2.75) is 32.7 Å². The molecule has 1 saturated carbocycles. The monoisotopic (exact) mass is 165 g/mol. The van der Waals surface area contributed by atoms with Crippen molar-refractivity contribution in [1.29, 1.82) is 0 Å². The van der Waals surface area contributed by atoms with E-state index in [4.69, 9.17) is 10.2 Å². The van der Waals surface area contributed by atoms with E-state index in [1.54, 1.807) is 0 Å². The van der Waals surface area contributed by atoms with Gasteiger partial charge in [0, 0.05) is 11.6 Å². The third-order valence-electron chi connectivity index (χ3n) is 2.57. The van der Waals surface area contributed by atoms with Crippen LogP contribution in [0.3, 0.4) is 0 Å². The van der Waals surface area contributed by atoms with Crippen LogP contribution in [-0.2, 0) is 0 Å². The van der Waals surface area contributed by atoms with Crippen molar-refractivity contribution in [2.24, 2.45) is 11.7 Å². The van der Waals surface area contributed by atoms with E-state index in [1.165, 1.54) is 18.4 Å². The maximum absolute atomic E-state index is 6.05. The molecule has 0 aromatic carbocycles. The second kappa shape index (κ2) is 2.63. The fraction of sp³-hybridized carbons (Fsp3) is 0.600. The van der Waals surface area contributed by atoms with Crippen molar-refractivity contribution in [1.82, 2.24) is 0 Å². The number of hydrogen-bond acceptors (Lipinski definition) is 2. The molecule has 0 bridgehead atoms. The first-order valence-electron chi connectivity index (χ1n) is 4.51. The van der Waals surface area contributed by atoms with Gasteiger partial charge in [-0.3, -0.25) is 0 Å². The fourth-order valence-electron chi connectivity index (χ4n) is 1.69. The zero-order chi connectivity index (χ0) is 8.72. The molecular weight excluding hydrogens is 150 g/mol. The minimum atomic E-state index is 0.211. The Bertz CT molecular complexity index is 286. The molecule has 0 unspecified atom stereocenters. The Balaban J connectivity index is 2.25. The van der Waals surface area contributed by atoms with Gasteiger partial charge in [0.1, 0.15) is 11.5 Å². The Morgan fingerprint density at radius 2 is 2.17 bits per heavy atom. The van der Waals surface area contributed by atoms with E-state index in [2.05, 4.69) is 6.07 Å². The van der Waals surface area contributed by atoms with Gasteiger partial charge in [-0.15, -0.1) is 0 Å². The first kappa shape index (κ1) is 7.87. The van der Waals surface area contributed by atoms with E-state index >= 15 is 0 Å². The minimum Gasteiger partial charge on any atom is -0.466 e. The second-order valence-electron chi connectivity index (χ2n) is 3.73. The first-order valence-corrected chi connectivity index (χ1v) is 4.51. The summed E-state index contributed by atoms with van der Waals surface area (Å²) in [6, 6.07) is 2.28. The van der Waals surface area contributed by atoms with E-state index in [9.17, 15) is 0 Å². The maximum atomic E-state index is 6.05. The van der Waals surface area contributed by atoms with E-state index < -0.39 is 0 Å². The Morgan fingerprint density at radius 1 is 1.50 bits per heavy atom. The minimum absolute atomic E-state index is 0.211. The predicted molar refractivity (Wildman–Crippen MR) is 47.8 cm³/mol. The van der Waals surface area contributed by atoms with Gasteiger partial charge in [-0.05, 0) is 38.7 Å². The van der Waals surface area contributed by atoms with Crippen LogP contribution in [0.15, 0.2) is 10.5 Å². The molecule has 1 fully saturated rings. The van der Waals surface area contributed by atoms with Crippen LogP contribution in [0.2, 0.25) is 0 Å². The molecule has 0 saturated heterocycles. The first-order chi connectivity index (χ1) is 5.68. The summed E-state index contributed by atoms with van der Waals surface area (Å²) in [5, 5.41) is 0. The van der Waals surface area contributed by atoms with Crippen molar-refractivity contribution < 1.29 is 4.42 Å². The number of hydrogen-bond donors (Lipinski definition) is 1. The summed E-state index contributed by atoms with van der Waals surface area (Å²) in [7, 11) is 0. The molecule has 1 heterocycles. The summed E-state index contributed by atoms with van der Waals surface area (Å²) < 4.78 is 5.43. The summed E-state index contributed by atoms with van der Waals surface area (Å²) in [5.41, 5.74) is 7.26. The van der Waals surface area contributed by atoms with E-state index in [-0.39, 0.29) is 6.04 Å². The predicted octanol–water partition coefficient (Wildman–Crippen LogP) is 2.31. The summed E-state index contributed by atoms with van der Waals surface area (Å²) >= 11 is 0. The summed E-state index contributed by atoms with van der Waals surface area (Å²) in [6.45, 7) is 3.96. The van der Waals surface area contributed by atoms with Gasteiger partial charge >= 0.3 is 0 Å². The lowest BCUT2D eigenvalue weighted by Crippen LogP contribution is -2.12. The Labute approximate surface area is 72.7 Å². The van der Waals surface area contributed by atoms with Crippen LogP contribution in [0.25, 0.3) is 0 Å². The SMILES string of the molecule is Cc1cc([C@H](N)C2CC2)c(C)o1. The molecule has 66 valence electrons. The Morgan fingerprint density at radius 3 is 2.58 bits per heavy atom. The molecule has 0 aliphatic heterocycles. The molecule has 2 heteroatoms. The highest BCUT2D eigenvalue weighted by Crippen LogP contribution is 2.40. The number of nitrogens with two attached hydrogens (primary N) is 1. The van der Waals surface area contributed by atoms with Gasteiger partial charge in [-0.1, -0.05) is 0 Å². The normalized spacial score (nSPS) is 19.6. The van der Waals surface area contributed by atoms with Crippen molar-refractivity contribution >= 4 is 0 Å². The molecule has 1 aliphatic rings. The van der Waals surface area contributed by atoms with Gasteiger partial charge < -0.3 is 10.2 Å². The molecule has 1 aromatic rings. The van der Waals surface area contributed by atoms with Gasteiger partial charge in [-0.25, -0.2) is 0 Å². The van der Waals surface area contributed by atoms with Crippen molar-refractivity contribution in [2.75, 3.05) is 0 Å². The molecule has 1 aromatic heterocycles. The molecule has 2 nitrogen and oxygen atoms in total. The topological polar surface area (TPSA) is 39.2 Å². The average molecular weight is 165 g/mol. The largest absolute Gasteiger partial charge is 0.466 e. The summed E-state index contributed by atoms with van der Waals surface area (Å²) in [5.74, 6) is 2.67. The van der Waals surface area contributed by atoms with Crippen LogP contribution >= 0.6 is 0 Å². The van der Waals surface area contributed by atoms with E-state index in [0.717, 1.165) is 11.5 Å². The van der Waals surface area contributed by atoms with Crippen LogP contribution in [0.1, 0.15) is 36.0 Å². The van der Waals surface area contributed by atoms with Crippen molar-refractivity contribution in [3.8, 4) is 0 Å². The number of rotatable bonds is 2. The zero-order valence-electron chi connectivity index (χ0n) is 7.63. The zero-order valence-corrected chi connectivity index (χ0v) is 7.63. The summed E-state index contributed by atoms with van der Waals surface area (Å²) in [4.78, 5) is 0. The van der Waals surface area contributed by atoms with Gasteiger partial charge in [-0.2, -0.15) is 0 Å². The quantitative estimate of drug-likeness (QED) is 0.730. The van der Waals surface area contributed by atoms with E-state index in [1.807, 2.05) is 13.8 Å². The molecule has 1 atom stereocenters. The molecule has 0 spiro atoms. The van der Waals surface area contributed by atoms with Gasteiger partial charge in [0.2, 0.25) is 0 Å². The molecule has 2 rings (SSSR count). The maximum Gasteiger partial charge on any atom is 0.105 e. The number of aryl methyl sites for hydroxylation is 2. The molecular formula is C10H15NO. The van der Waals surface area contributed by atoms with Crippen LogP contribution in [0, 0.1) is 19.8 Å². The molecule has 0 amide bonds. The van der Waals surface area contributed by atoms with Crippen LogP contribution < -0.4 is 5.73 Å². The van der Waals surface area contributed by atoms with Gasteiger partial charge in [0.25, 0.3) is 0 Å². The lowest BCUT2D eigenvalue weighted by molar-refractivity contribution is 0.493. The third-order valence-corrected chi connectivity index (χ3v) is 2.57. The van der Waals surface area contributed by atoms with E-state index in [0.29, 0.717) is 5.92 Å². The lowest BCUT2D eigenvalue weighted by Gasteiger charge is -2.07. The Kier molecular flexibility index (Phi) is 1.72. The molecule has 12 heavy (non-hydrogen) atoms. The molecule has 1 aliphatic carbocycles. The highest BCUT2D eigenvalue weighted by Gasteiger charge is 2.31. The van der Waals surface area contributed by atoms with Crippen molar-refractivity contribution in [3.05, 3.63) is 23.2 Å². The third kappa shape index (κ3) is 1.27. The van der Waals surface area contributed by atoms with Crippen molar-refractivity contribution in [3.63, 3.8) is 0 Å². The standard InChI is InChI=1S/C10H15NO/c1-6-5-9(7(2)12-6)10(11)8-3-4-8/h5,8,10H,3-4,11H2,1-2H3/t10-/m1/s1. The second-order valence-corrected chi connectivity index (χ2v) is 3.73.